The van der Waals surface area contributed by atoms with Crippen LogP contribution in [0.1, 0.15) is 20.3 Å². The molecule has 0 aliphatic heterocycles. The van der Waals surface area contributed by atoms with Gasteiger partial charge in [-0.05, 0) is 30.7 Å². The molecule has 130 valence electrons. The van der Waals surface area contributed by atoms with Gasteiger partial charge in [0.1, 0.15) is 5.75 Å². The van der Waals surface area contributed by atoms with Crippen LogP contribution >= 0.6 is 0 Å². The van der Waals surface area contributed by atoms with Crippen molar-refractivity contribution < 1.29 is 23.1 Å². The number of ether oxygens (including phenoxy) is 1. The molecule has 1 aromatic rings. The number of carbonyl (C=O) groups excluding carboxylic acids is 1. The Morgan fingerprint density at radius 3 is 2.35 bits per heavy atom. The predicted molar refractivity (Wildman–Crippen MR) is 86.8 cm³/mol. The lowest BCUT2D eigenvalue weighted by Gasteiger charge is -2.18. The summed E-state index contributed by atoms with van der Waals surface area (Å²) in [6.45, 7) is 4.63. The number of benzene rings is 1. The van der Waals surface area contributed by atoms with Crippen LogP contribution in [0.25, 0.3) is 0 Å². The SMILES string of the molecule is CCN(CC)S(=O)(=O)c1ccc(OCC(=O)NCCCO)cc1. The minimum Gasteiger partial charge on any atom is -0.484 e. The molecule has 0 aromatic heterocycles. The van der Waals surface area contributed by atoms with E-state index in [2.05, 4.69) is 5.32 Å². The third kappa shape index (κ3) is 5.81. The second-order valence-corrected chi connectivity index (χ2v) is 6.71. The Bertz CT molecular complexity index is 582. The van der Waals surface area contributed by atoms with Crippen LogP contribution in [0.2, 0.25) is 0 Å². The smallest absolute Gasteiger partial charge is 0.257 e. The first kappa shape index (κ1) is 19.4. The van der Waals surface area contributed by atoms with Gasteiger partial charge in [0.15, 0.2) is 6.61 Å². The maximum absolute atomic E-state index is 12.3. The molecule has 7 nitrogen and oxygen atoms in total. The van der Waals surface area contributed by atoms with Crippen LogP contribution in [0, 0.1) is 0 Å². The van der Waals surface area contributed by atoms with Gasteiger partial charge in [0.25, 0.3) is 5.91 Å². The number of aliphatic hydroxyl groups is 1. The molecule has 0 bridgehead atoms. The Labute approximate surface area is 137 Å². The molecule has 0 saturated carbocycles. The number of sulfonamides is 1. The van der Waals surface area contributed by atoms with Gasteiger partial charge in [-0.3, -0.25) is 4.79 Å². The average Bonchev–Trinajstić information content (AvgIpc) is 2.54. The van der Waals surface area contributed by atoms with E-state index in [9.17, 15) is 13.2 Å². The van der Waals surface area contributed by atoms with Gasteiger partial charge in [-0.2, -0.15) is 4.31 Å². The van der Waals surface area contributed by atoms with Gasteiger partial charge in [0, 0.05) is 26.2 Å². The first-order valence-corrected chi connectivity index (χ1v) is 9.00. The quantitative estimate of drug-likeness (QED) is 0.606. The number of rotatable bonds is 10. The minimum atomic E-state index is -3.49. The number of amides is 1. The molecule has 8 heteroatoms. The summed E-state index contributed by atoms with van der Waals surface area (Å²) in [5.74, 6) is 0.124. The first-order valence-electron chi connectivity index (χ1n) is 7.56. The molecule has 0 radical (unpaired) electrons. The molecule has 1 rings (SSSR count). The Kier molecular flexibility index (Phi) is 8.01. The summed E-state index contributed by atoms with van der Waals surface area (Å²) < 4.78 is 31.3. The predicted octanol–water partition coefficient (Wildman–Crippen LogP) is 0.595. The highest BCUT2D eigenvalue weighted by atomic mass is 32.2. The van der Waals surface area contributed by atoms with Crippen molar-refractivity contribution in [3.63, 3.8) is 0 Å². The van der Waals surface area contributed by atoms with Gasteiger partial charge in [-0.25, -0.2) is 8.42 Å². The van der Waals surface area contributed by atoms with Crippen molar-refractivity contribution in [2.24, 2.45) is 0 Å². The molecule has 0 aliphatic rings. The van der Waals surface area contributed by atoms with E-state index < -0.39 is 10.0 Å². The van der Waals surface area contributed by atoms with Crippen molar-refractivity contribution in [3.05, 3.63) is 24.3 Å². The molecule has 0 spiro atoms. The van der Waals surface area contributed by atoms with Crippen LogP contribution < -0.4 is 10.1 Å². The zero-order chi connectivity index (χ0) is 17.3. The van der Waals surface area contributed by atoms with Gasteiger partial charge < -0.3 is 15.2 Å². The zero-order valence-electron chi connectivity index (χ0n) is 13.5. The summed E-state index contributed by atoms with van der Waals surface area (Å²) in [7, 11) is -3.49. The summed E-state index contributed by atoms with van der Waals surface area (Å²) in [5, 5.41) is 11.2. The second-order valence-electron chi connectivity index (χ2n) is 4.78. The highest BCUT2D eigenvalue weighted by Gasteiger charge is 2.21. The molecule has 0 unspecified atom stereocenters. The van der Waals surface area contributed by atoms with E-state index in [1.54, 1.807) is 13.8 Å². The fourth-order valence-electron chi connectivity index (χ4n) is 1.93. The van der Waals surface area contributed by atoms with Gasteiger partial charge in [0.05, 0.1) is 4.90 Å². The van der Waals surface area contributed by atoms with Crippen LogP contribution in [0.3, 0.4) is 0 Å². The van der Waals surface area contributed by atoms with Gasteiger partial charge in [-0.15, -0.1) is 0 Å². The van der Waals surface area contributed by atoms with Crippen molar-refractivity contribution in [1.29, 1.82) is 0 Å². The van der Waals surface area contributed by atoms with Crippen molar-refractivity contribution >= 4 is 15.9 Å². The highest BCUT2D eigenvalue weighted by molar-refractivity contribution is 7.89. The molecule has 2 N–H and O–H groups in total. The third-order valence-electron chi connectivity index (χ3n) is 3.19. The van der Waals surface area contributed by atoms with Crippen LogP contribution in [0.5, 0.6) is 5.75 Å². The zero-order valence-corrected chi connectivity index (χ0v) is 14.3. The van der Waals surface area contributed by atoms with Crippen LogP contribution in [-0.4, -0.2) is 56.6 Å². The van der Waals surface area contributed by atoms with Crippen molar-refractivity contribution in [2.75, 3.05) is 32.8 Å². The largest absolute Gasteiger partial charge is 0.484 e. The van der Waals surface area contributed by atoms with E-state index in [1.165, 1.54) is 28.6 Å². The first-order chi connectivity index (χ1) is 11.0. The van der Waals surface area contributed by atoms with Crippen LogP contribution in [0.15, 0.2) is 29.2 Å². The molecule has 0 heterocycles. The molecule has 0 atom stereocenters. The topological polar surface area (TPSA) is 95.9 Å². The lowest BCUT2D eigenvalue weighted by Crippen LogP contribution is -2.30. The number of nitrogens with one attached hydrogen (secondary N) is 1. The van der Waals surface area contributed by atoms with E-state index in [-0.39, 0.29) is 24.0 Å². The lowest BCUT2D eigenvalue weighted by molar-refractivity contribution is -0.123. The van der Waals surface area contributed by atoms with Crippen LogP contribution in [-0.2, 0) is 14.8 Å². The summed E-state index contributed by atoms with van der Waals surface area (Å²) in [6, 6.07) is 5.98. The number of hydrogen-bond acceptors (Lipinski definition) is 5. The number of nitrogens with zero attached hydrogens (tertiary/aromatic N) is 1. The minimum absolute atomic E-state index is 0.0175. The molecular formula is C15H24N2O5S. The summed E-state index contributed by atoms with van der Waals surface area (Å²) in [6.07, 6.45) is 0.490. The fourth-order valence-corrected chi connectivity index (χ4v) is 3.39. The monoisotopic (exact) mass is 344 g/mol. The molecule has 1 amide bonds. The fraction of sp³-hybridized carbons (Fsp3) is 0.533. The molecule has 23 heavy (non-hydrogen) atoms. The van der Waals surface area contributed by atoms with Crippen molar-refractivity contribution in [1.82, 2.24) is 9.62 Å². The molecule has 0 saturated heterocycles. The summed E-state index contributed by atoms with van der Waals surface area (Å²) >= 11 is 0. The van der Waals surface area contributed by atoms with E-state index >= 15 is 0 Å². The van der Waals surface area contributed by atoms with Crippen LogP contribution in [0.4, 0.5) is 0 Å². The lowest BCUT2D eigenvalue weighted by atomic mass is 10.3. The number of hydrogen-bond donors (Lipinski definition) is 2. The molecule has 0 fully saturated rings. The van der Waals surface area contributed by atoms with E-state index in [0.717, 1.165) is 0 Å². The maximum Gasteiger partial charge on any atom is 0.257 e. The second kappa shape index (κ2) is 9.49. The van der Waals surface area contributed by atoms with E-state index in [1.807, 2.05) is 0 Å². The van der Waals surface area contributed by atoms with E-state index in [4.69, 9.17) is 9.84 Å². The highest BCUT2D eigenvalue weighted by Crippen LogP contribution is 2.19. The van der Waals surface area contributed by atoms with E-state index in [0.29, 0.717) is 31.8 Å². The Morgan fingerprint density at radius 2 is 1.83 bits per heavy atom. The Morgan fingerprint density at radius 1 is 1.22 bits per heavy atom. The standard InChI is InChI=1S/C15H24N2O5S/c1-3-17(4-2)23(20,21)14-8-6-13(7-9-14)22-12-15(19)16-10-5-11-18/h6-9,18H,3-5,10-12H2,1-2H3,(H,16,19). The molecule has 0 aliphatic carbocycles. The Hall–Kier alpha value is -1.64. The Balaban J connectivity index is 2.62. The van der Waals surface area contributed by atoms with Crippen molar-refractivity contribution in [2.45, 2.75) is 25.2 Å². The average molecular weight is 344 g/mol. The van der Waals surface area contributed by atoms with Gasteiger partial charge in [-0.1, -0.05) is 13.8 Å². The van der Waals surface area contributed by atoms with Gasteiger partial charge in [0.2, 0.25) is 10.0 Å². The number of carbonyl (C=O) groups is 1. The summed E-state index contributed by atoms with van der Waals surface area (Å²) in [4.78, 5) is 11.7. The maximum atomic E-state index is 12.3. The normalized spacial score (nSPS) is 11.5. The van der Waals surface area contributed by atoms with Gasteiger partial charge >= 0.3 is 0 Å². The summed E-state index contributed by atoms with van der Waals surface area (Å²) in [5.41, 5.74) is 0. The third-order valence-corrected chi connectivity index (χ3v) is 5.26. The molecule has 1 aromatic carbocycles. The number of aliphatic hydroxyl groups excluding tert-OH is 1. The molecular weight excluding hydrogens is 320 g/mol. The van der Waals surface area contributed by atoms with Crippen molar-refractivity contribution in [3.8, 4) is 5.75 Å².